The number of aromatic carboxylic acids is 1. The van der Waals surface area contributed by atoms with Gasteiger partial charge in [0.2, 0.25) is 0 Å². The zero-order valence-electron chi connectivity index (χ0n) is 20.0. The van der Waals surface area contributed by atoms with Gasteiger partial charge in [-0.3, -0.25) is 0 Å². The third kappa shape index (κ3) is 4.63. The van der Waals surface area contributed by atoms with Crippen LogP contribution >= 0.6 is 0 Å². The number of methoxy groups -OCH3 is 2. The van der Waals surface area contributed by atoms with Gasteiger partial charge >= 0.3 is 5.97 Å². The number of fused-ring (bicyclic) bond motifs is 1. The smallest absolute Gasteiger partial charge is 0.352 e. The number of hydrogen-bond acceptors (Lipinski definition) is 4. The highest BCUT2D eigenvalue weighted by atomic mass is 16.5. The Labute approximate surface area is 199 Å². The van der Waals surface area contributed by atoms with Gasteiger partial charge in [0.15, 0.2) is 0 Å². The van der Waals surface area contributed by atoms with Crippen molar-refractivity contribution in [2.75, 3.05) is 14.2 Å². The summed E-state index contributed by atoms with van der Waals surface area (Å²) >= 11 is 0. The number of carboxylic acids is 1. The molecule has 3 aromatic carbocycles. The number of hydrogen-bond donors (Lipinski definition) is 2. The molecular formula is C28H30N2O4. The van der Waals surface area contributed by atoms with E-state index in [1.807, 2.05) is 54.0 Å². The molecular weight excluding hydrogens is 428 g/mol. The maximum absolute atomic E-state index is 12.5. The largest absolute Gasteiger partial charge is 0.497 e. The molecule has 0 aliphatic carbocycles. The highest BCUT2D eigenvalue weighted by Gasteiger charge is 2.23. The highest BCUT2D eigenvalue weighted by molar-refractivity contribution is 5.98. The summed E-state index contributed by atoms with van der Waals surface area (Å²) in [5.41, 5.74) is 6.29. The van der Waals surface area contributed by atoms with Crippen LogP contribution in [0.1, 0.15) is 38.3 Å². The maximum Gasteiger partial charge on any atom is 0.352 e. The molecule has 176 valence electrons. The maximum atomic E-state index is 12.5. The Kier molecular flexibility index (Phi) is 6.89. The van der Waals surface area contributed by atoms with Gasteiger partial charge < -0.3 is 24.5 Å². The summed E-state index contributed by atoms with van der Waals surface area (Å²) in [5.74, 6) is 0.566. The van der Waals surface area contributed by atoms with E-state index in [9.17, 15) is 9.90 Å². The van der Waals surface area contributed by atoms with Crippen LogP contribution in [0.25, 0.3) is 10.9 Å². The molecule has 0 aliphatic rings. The van der Waals surface area contributed by atoms with Gasteiger partial charge in [0, 0.05) is 41.7 Å². The van der Waals surface area contributed by atoms with Crippen LogP contribution in [0, 0.1) is 13.8 Å². The Morgan fingerprint density at radius 1 is 0.941 bits per heavy atom. The van der Waals surface area contributed by atoms with Gasteiger partial charge in [-0.2, -0.15) is 0 Å². The molecule has 0 radical (unpaired) electrons. The van der Waals surface area contributed by atoms with Gasteiger partial charge in [0.1, 0.15) is 17.2 Å². The molecule has 0 bridgehead atoms. The van der Waals surface area contributed by atoms with Gasteiger partial charge in [-0.15, -0.1) is 0 Å². The zero-order chi connectivity index (χ0) is 24.2. The Bertz CT molecular complexity index is 1340. The van der Waals surface area contributed by atoms with Gasteiger partial charge in [0.05, 0.1) is 14.2 Å². The van der Waals surface area contributed by atoms with E-state index in [4.69, 9.17) is 9.47 Å². The van der Waals surface area contributed by atoms with Crippen LogP contribution in [0.3, 0.4) is 0 Å². The predicted molar refractivity (Wildman–Crippen MR) is 134 cm³/mol. The van der Waals surface area contributed by atoms with Crippen LogP contribution in [-0.4, -0.2) is 29.9 Å². The number of nitrogens with zero attached hydrogens (tertiary/aromatic N) is 1. The summed E-state index contributed by atoms with van der Waals surface area (Å²) in [7, 11) is 3.26. The lowest BCUT2D eigenvalue weighted by Gasteiger charge is -2.13. The number of aromatic nitrogens is 1. The zero-order valence-corrected chi connectivity index (χ0v) is 20.0. The number of carbonyl (C=O) groups is 1. The number of aryl methyl sites for hydroxylation is 2. The van der Waals surface area contributed by atoms with Crippen molar-refractivity contribution in [2.24, 2.45) is 0 Å². The molecule has 1 aromatic heterocycles. The normalized spacial score (nSPS) is 11.1. The average Bonchev–Trinajstić information content (AvgIpc) is 3.13. The van der Waals surface area contributed by atoms with E-state index < -0.39 is 5.97 Å². The van der Waals surface area contributed by atoms with Crippen molar-refractivity contribution in [3.8, 4) is 11.5 Å². The molecule has 0 spiro atoms. The van der Waals surface area contributed by atoms with E-state index in [0.717, 1.165) is 50.2 Å². The van der Waals surface area contributed by atoms with Crippen LogP contribution in [0.5, 0.6) is 11.5 Å². The standard InChI is InChI=1S/C28H30N2O4/c1-18-9-11-23-24(16-29-15-21-14-22(33-3)10-12-26(21)34-4)27(28(31)32)30(25(23)13-18)17-20-8-6-5-7-19(20)2/h5-14,29H,15-17H2,1-4H3,(H,31,32). The molecule has 6 heteroatoms. The molecule has 0 unspecified atom stereocenters. The molecule has 1 heterocycles. The van der Waals surface area contributed by atoms with Crippen molar-refractivity contribution < 1.29 is 19.4 Å². The van der Waals surface area contributed by atoms with Crippen LogP contribution < -0.4 is 14.8 Å². The van der Waals surface area contributed by atoms with Crippen molar-refractivity contribution in [1.29, 1.82) is 0 Å². The Morgan fingerprint density at radius 2 is 1.74 bits per heavy atom. The molecule has 34 heavy (non-hydrogen) atoms. The summed E-state index contributed by atoms with van der Waals surface area (Å²) < 4.78 is 12.8. The van der Waals surface area contributed by atoms with Gasteiger partial charge in [-0.25, -0.2) is 4.79 Å². The first kappa shape index (κ1) is 23.4. The second-order valence-corrected chi connectivity index (χ2v) is 8.45. The Hall–Kier alpha value is -3.77. The van der Waals surface area contributed by atoms with E-state index >= 15 is 0 Å². The van der Waals surface area contributed by atoms with Crippen molar-refractivity contribution in [3.63, 3.8) is 0 Å². The second kappa shape index (κ2) is 10.0. The van der Waals surface area contributed by atoms with Crippen molar-refractivity contribution >= 4 is 16.9 Å². The van der Waals surface area contributed by atoms with Gasteiger partial charge in [-0.05, 0) is 54.8 Å². The van der Waals surface area contributed by atoms with Gasteiger partial charge in [-0.1, -0.05) is 36.4 Å². The minimum Gasteiger partial charge on any atom is -0.497 e. The van der Waals surface area contributed by atoms with E-state index in [2.05, 4.69) is 30.4 Å². The number of ether oxygens (including phenoxy) is 2. The second-order valence-electron chi connectivity index (χ2n) is 8.45. The van der Waals surface area contributed by atoms with Crippen LogP contribution in [-0.2, 0) is 19.6 Å². The lowest BCUT2D eigenvalue weighted by Crippen LogP contribution is -2.17. The van der Waals surface area contributed by atoms with E-state index in [1.54, 1.807) is 14.2 Å². The molecule has 0 saturated heterocycles. The Morgan fingerprint density at radius 3 is 2.44 bits per heavy atom. The molecule has 0 saturated carbocycles. The number of nitrogens with one attached hydrogen (secondary N) is 1. The summed E-state index contributed by atoms with van der Waals surface area (Å²) in [6.07, 6.45) is 0. The van der Waals surface area contributed by atoms with Crippen molar-refractivity contribution in [3.05, 3.63) is 94.2 Å². The highest BCUT2D eigenvalue weighted by Crippen LogP contribution is 2.30. The van der Waals surface area contributed by atoms with E-state index in [-0.39, 0.29) is 0 Å². The average molecular weight is 459 g/mol. The molecule has 0 atom stereocenters. The first-order valence-corrected chi connectivity index (χ1v) is 11.2. The minimum absolute atomic E-state index is 0.314. The molecule has 0 aliphatic heterocycles. The molecule has 0 fully saturated rings. The minimum atomic E-state index is -0.932. The number of benzene rings is 3. The molecule has 2 N–H and O–H groups in total. The quantitative estimate of drug-likeness (QED) is 0.356. The van der Waals surface area contributed by atoms with Crippen LogP contribution in [0.2, 0.25) is 0 Å². The topological polar surface area (TPSA) is 72.7 Å². The first-order chi connectivity index (χ1) is 16.4. The fraction of sp³-hybridized carbons (Fsp3) is 0.250. The molecule has 6 nitrogen and oxygen atoms in total. The lowest BCUT2D eigenvalue weighted by atomic mass is 10.1. The monoisotopic (exact) mass is 458 g/mol. The predicted octanol–water partition coefficient (Wildman–Crippen LogP) is 5.31. The molecule has 4 aromatic rings. The van der Waals surface area contributed by atoms with E-state index in [0.29, 0.717) is 25.3 Å². The SMILES string of the molecule is COc1ccc(OC)c(CNCc2c(C(=O)O)n(Cc3ccccc3C)c3cc(C)ccc23)c1. The lowest BCUT2D eigenvalue weighted by molar-refractivity contribution is 0.0684. The van der Waals surface area contributed by atoms with E-state index in [1.165, 1.54) is 0 Å². The molecule has 4 rings (SSSR count). The Balaban J connectivity index is 1.72. The third-order valence-corrected chi connectivity index (χ3v) is 6.22. The third-order valence-electron chi connectivity index (χ3n) is 6.22. The van der Waals surface area contributed by atoms with Crippen LogP contribution in [0.15, 0.2) is 60.7 Å². The number of carboxylic acid groups (broad SMARTS) is 1. The first-order valence-electron chi connectivity index (χ1n) is 11.2. The fourth-order valence-corrected chi connectivity index (χ4v) is 4.42. The van der Waals surface area contributed by atoms with Crippen molar-refractivity contribution in [1.82, 2.24) is 9.88 Å². The number of rotatable bonds is 9. The fourth-order valence-electron chi connectivity index (χ4n) is 4.42. The van der Waals surface area contributed by atoms with Crippen molar-refractivity contribution in [2.45, 2.75) is 33.5 Å². The van der Waals surface area contributed by atoms with Crippen LogP contribution in [0.4, 0.5) is 0 Å². The summed E-state index contributed by atoms with van der Waals surface area (Å²) in [4.78, 5) is 12.5. The summed E-state index contributed by atoms with van der Waals surface area (Å²) in [6, 6.07) is 19.9. The molecule has 0 amide bonds. The van der Waals surface area contributed by atoms with Gasteiger partial charge in [0.25, 0.3) is 0 Å². The summed E-state index contributed by atoms with van der Waals surface area (Å²) in [5, 5.41) is 14.6. The summed E-state index contributed by atoms with van der Waals surface area (Å²) in [6.45, 7) is 5.49.